The zero-order chi connectivity index (χ0) is 13.1. The van der Waals surface area contributed by atoms with Crippen LogP contribution in [0.25, 0.3) is 0 Å². The Labute approximate surface area is 104 Å². The number of hydrogen-bond donors (Lipinski definition) is 1. The fraction of sp³-hybridized carbons (Fsp3) is 1.00. The van der Waals surface area contributed by atoms with Crippen molar-refractivity contribution in [1.82, 2.24) is 20.0 Å². The quantitative estimate of drug-likeness (QED) is 0.405. The van der Waals surface area contributed by atoms with Crippen molar-refractivity contribution >= 4 is 7.59 Å². The monoisotopic (exact) mass is 268 g/mol. The van der Waals surface area contributed by atoms with Gasteiger partial charge in [-0.2, -0.15) is 0 Å². The number of nitrogens with one attached hydrogen (secondary N) is 1. The van der Waals surface area contributed by atoms with E-state index in [0.29, 0.717) is 0 Å². The third-order valence-electron chi connectivity index (χ3n) is 2.83. The first kappa shape index (κ1) is 15.2. The first-order valence-corrected chi connectivity index (χ1v) is 7.89. The Morgan fingerprint density at radius 3 is 1.59 bits per heavy atom. The molecule has 0 aromatic rings. The maximum atomic E-state index is 5.90. The number of rotatable bonds is 8. The zero-order valence-electron chi connectivity index (χ0n) is 11.6. The Kier molecular flexibility index (Phi) is 4.85. The van der Waals surface area contributed by atoms with Gasteiger partial charge in [0.2, 0.25) is 0 Å². The average molecular weight is 268 g/mol. The summed E-state index contributed by atoms with van der Waals surface area (Å²) in [4.78, 5) is 0. The average Bonchev–Trinajstić information content (AvgIpc) is 3.04. The summed E-state index contributed by atoms with van der Waals surface area (Å²) in [7, 11) is 2.32. The molecule has 0 atom stereocenters. The van der Waals surface area contributed by atoms with Crippen LogP contribution in [0.4, 0.5) is 0 Å². The molecule has 0 radical (unpaired) electrons. The van der Waals surface area contributed by atoms with Crippen molar-refractivity contribution in [3.05, 3.63) is 0 Å². The molecule has 1 aliphatic heterocycles. The van der Waals surface area contributed by atoms with E-state index < -0.39 is 7.59 Å². The molecular formula is C9H25N4O3P. The molecular weight excluding hydrogens is 243 g/mol. The molecule has 0 spiro atoms. The van der Waals surface area contributed by atoms with Crippen LogP contribution in [0.5, 0.6) is 0 Å². The molecule has 0 aromatic carbocycles. The van der Waals surface area contributed by atoms with Crippen LogP contribution in [0.2, 0.25) is 0 Å². The van der Waals surface area contributed by atoms with Crippen LogP contribution >= 0.6 is 7.59 Å². The van der Waals surface area contributed by atoms with Crippen LogP contribution in [0.15, 0.2) is 0 Å². The van der Waals surface area contributed by atoms with Gasteiger partial charge in [-0.1, -0.05) is 0 Å². The summed E-state index contributed by atoms with van der Waals surface area (Å²) in [6.45, 7) is 8.31. The van der Waals surface area contributed by atoms with Crippen LogP contribution in [-0.2, 0) is 13.9 Å². The first-order chi connectivity index (χ1) is 7.92. The Balaban J connectivity index is 2.85. The van der Waals surface area contributed by atoms with Crippen LogP contribution in [-0.4, -0.2) is 55.6 Å². The minimum absolute atomic E-state index is 0.750. The van der Waals surface area contributed by atoms with Crippen molar-refractivity contribution in [3.8, 4) is 0 Å². The van der Waals surface area contributed by atoms with Crippen LogP contribution in [0.3, 0.4) is 0 Å². The molecule has 1 saturated heterocycles. The van der Waals surface area contributed by atoms with Gasteiger partial charge < -0.3 is 0 Å². The summed E-state index contributed by atoms with van der Waals surface area (Å²) >= 11 is 0. The zero-order valence-corrected chi connectivity index (χ0v) is 12.5. The van der Waals surface area contributed by atoms with Crippen molar-refractivity contribution in [3.63, 3.8) is 0 Å². The van der Waals surface area contributed by atoms with Gasteiger partial charge >= 0.3 is 103 Å². The standard InChI is InChI=1S/C9H25N4O3P/c1-7-11(4)15-17(10-14-17,13(6)9-3)16-12(5)8-2/h10H,7-9H2,1-6H3. The molecule has 0 aromatic heterocycles. The second kappa shape index (κ2) is 5.42. The molecule has 8 heteroatoms. The van der Waals surface area contributed by atoms with Crippen molar-refractivity contribution < 1.29 is 13.9 Å². The summed E-state index contributed by atoms with van der Waals surface area (Å²) in [6, 6.07) is 0. The molecule has 0 unspecified atom stereocenters. The molecule has 0 bridgehead atoms. The third-order valence-corrected chi connectivity index (χ3v) is 6.06. The summed E-state index contributed by atoms with van der Waals surface area (Å²) < 4.78 is 19.2. The number of nitrogens with zero attached hydrogens (tertiary/aromatic N) is 3. The third kappa shape index (κ3) is 2.94. The van der Waals surface area contributed by atoms with Crippen molar-refractivity contribution in [2.75, 3.05) is 40.8 Å². The van der Waals surface area contributed by atoms with E-state index in [1.54, 1.807) is 10.1 Å². The summed E-state index contributed by atoms with van der Waals surface area (Å²) in [5.41, 5.74) is 0. The van der Waals surface area contributed by atoms with E-state index in [1.165, 1.54) is 0 Å². The summed E-state index contributed by atoms with van der Waals surface area (Å²) in [5.74, 6) is 0. The normalized spacial score (nSPS) is 23.9. The topological polar surface area (TPSA) is 62.7 Å². The van der Waals surface area contributed by atoms with Gasteiger partial charge in [0.25, 0.3) is 0 Å². The van der Waals surface area contributed by atoms with E-state index in [2.05, 4.69) is 5.25 Å². The van der Waals surface area contributed by atoms with Gasteiger partial charge in [-0.05, 0) is 0 Å². The van der Waals surface area contributed by atoms with Crippen LogP contribution in [0.1, 0.15) is 20.8 Å². The van der Waals surface area contributed by atoms with Crippen molar-refractivity contribution in [2.45, 2.75) is 20.8 Å². The molecule has 1 fully saturated rings. The van der Waals surface area contributed by atoms with Gasteiger partial charge in [-0.3, -0.25) is 0 Å². The van der Waals surface area contributed by atoms with Gasteiger partial charge in [0.1, 0.15) is 0 Å². The molecule has 1 heterocycles. The second-order valence-corrected chi connectivity index (χ2v) is 7.11. The van der Waals surface area contributed by atoms with E-state index in [9.17, 15) is 0 Å². The van der Waals surface area contributed by atoms with Gasteiger partial charge in [0.05, 0.1) is 0 Å². The van der Waals surface area contributed by atoms with Crippen molar-refractivity contribution in [2.24, 2.45) is 0 Å². The van der Waals surface area contributed by atoms with Gasteiger partial charge in [-0.25, -0.2) is 0 Å². The Bertz CT molecular complexity index is 249. The van der Waals surface area contributed by atoms with Gasteiger partial charge in [0, 0.05) is 0 Å². The van der Waals surface area contributed by atoms with Gasteiger partial charge in [-0.15, -0.1) is 0 Å². The SMILES string of the molecule is CCN(C)OP1(ON(C)CC)(N(C)CC)NO1. The second-order valence-electron chi connectivity index (χ2n) is 4.05. The summed E-state index contributed by atoms with van der Waals surface area (Å²) in [6.07, 6.45) is 0. The fourth-order valence-corrected chi connectivity index (χ4v) is 4.05. The van der Waals surface area contributed by atoms with E-state index in [4.69, 9.17) is 13.9 Å². The summed E-state index contributed by atoms with van der Waals surface area (Å²) in [5, 5.41) is 6.30. The van der Waals surface area contributed by atoms with Crippen LogP contribution < -0.4 is 5.25 Å². The van der Waals surface area contributed by atoms with Crippen LogP contribution in [0, 0.1) is 0 Å². The molecule has 17 heavy (non-hydrogen) atoms. The number of hydroxylamine groups is 4. The Hall–Kier alpha value is 0.150. The van der Waals surface area contributed by atoms with E-state index in [0.717, 1.165) is 19.6 Å². The first-order valence-electron chi connectivity index (χ1n) is 5.95. The van der Waals surface area contributed by atoms with Crippen molar-refractivity contribution in [1.29, 1.82) is 0 Å². The number of hydrogen-bond acceptors (Lipinski definition) is 7. The predicted octanol–water partition coefficient (Wildman–Crippen LogP) is 1.37. The van der Waals surface area contributed by atoms with E-state index >= 15 is 0 Å². The van der Waals surface area contributed by atoms with E-state index in [1.807, 2.05) is 46.6 Å². The predicted molar refractivity (Wildman–Crippen MR) is 68.2 cm³/mol. The molecule has 1 aliphatic rings. The molecule has 0 amide bonds. The fourth-order valence-electron chi connectivity index (χ4n) is 1.25. The molecule has 1 rings (SSSR count). The minimum atomic E-state index is -3.32. The van der Waals surface area contributed by atoms with E-state index in [-0.39, 0.29) is 0 Å². The maximum absolute atomic E-state index is 5.90. The van der Waals surface area contributed by atoms with Gasteiger partial charge in [0.15, 0.2) is 0 Å². The Morgan fingerprint density at radius 2 is 1.35 bits per heavy atom. The Morgan fingerprint density at radius 1 is 0.941 bits per heavy atom. The molecule has 104 valence electrons. The molecule has 0 aliphatic carbocycles. The molecule has 1 N–H and O–H groups in total. The molecule has 7 nitrogen and oxygen atoms in total. The molecule has 0 saturated carbocycles.